The van der Waals surface area contributed by atoms with Crippen LogP contribution in [-0.4, -0.2) is 23.5 Å². The molecule has 4 heteroatoms. The second-order valence-electron chi connectivity index (χ2n) is 8.35. The molecule has 2 aromatic rings. The maximum atomic E-state index is 12.8. The lowest BCUT2D eigenvalue weighted by Crippen LogP contribution is -2.58. The normalized spacial score (nSPS) is 27.9. The van der Waals surface area contributed by atoms with Gasteiger partial charge in [0, 0.05) is 5.56 Å². The molecule has 2 fully saturated rings. The standard InChI is InChI=1S/C23H25NO3/c1-22(2)18-13-14-23(15-18,27-20(26)17-11-7-4-8-12-17)21(22)24-19(25)16-9-5-3-6-10-16/h3-12,18,21H,13-15H2,1-2H3,(H,24,25)/t18-,21-,23-/m1/s1. The zero-order valence-electron chi connectivity index (χ0n) is 15.8. The first-order valence-electron chi connectivity index (χ1n) is 9.57. The molecule has 2 saturated carbocycles. The Labute approximate surface area is 159 Å². The Morgan fingerprint density at radius 2 is 1.56 bits per heavy atom. The van der Waals surface area contributed by atoms with Crippen molar-refractivity contribution in [2.75, 3.05) is 0 Å². The summed E-state index contributed by atoms with van der Waals surface area (Å²) < 4.78 is 6.11. The van der Waals surface area contributed by atoms with E-state index in [1.807, 2.05) is 36.4 Å². The number of rotatable bonds is 4. The number of hydrogen-bond acceptors (Lipinski definition) is 3. The summed E-state index contributed by atoms with van der Waals surface area (Å²) in [6.07, 6.45) is 2.62. The van der Waals surface area contributed by atoms with Crippen LogP contribution in [0.4, 0.5) is 0 Å². The lowest BCUT2D eigenvalue weighted by Gasteiger charge is -2.43. The number of benzene rings is 2. The Balaban J connectivity index is 1.60. The Hall–Kier alpha value is -2.62. The summed E-state index contributed by atoms with van der Waals surface area (Å²) in [5, 5.41) is 3.20. The fourth-order valence-electron chi connectivity index (χ4n) is 4.94. The number of amides is 1. The third kappa shape index (κ3) is 3.03. The van der Waals surface area contributed by atoms with E-state index in [2.05, 4.69) is 19.2 Å². The summed E-state index contributed by atoms with van der Waals surface area (Å²) in [6.45, 7) is 4.34. The van der Waals surface area contributed by atoms with Crippen molar-refractivity contribution in [3.8, 4) is 0 Å². The van der Waals surface area contributed by atoms with Crippen LogP contribution in [0.15, 0.2) is 60.7 Å². The molecule has 0 heterocycles. The molecular weight excluding hydrogens is 338 g/mol. The second kappa shape index (κ2) is 6.52. The van der Waals surface area contributed by atoms with Gasteiger partial charge in [-0.15, -0.1) is 0 Å². The predicted octanol–water partition coefficient (Wildman–Crippen LogP) is 4.22. The van der Waals surface area contributed by atoms with Gasteiger partial charge in [0.25, 0.3) is 5.91 Å². The van der Waals surface area contributed by atoms with Gasteiger partial charge in [0.2, 0.25) is 0 Å². The van der Waals surface area contributed by atoms with E-state index >= 15 is 0 Å². The minimum absolute atomic E-state index is 0.114. The number of carbonyl (C=O) groups is 2. The molecule has 140 valence electrons. The van der Waals surface area contributed by atoms with Gasteiger partial charge < -0.3 is 10.1 Å². The number of esters is 1. The van der Waals surface area contributed by atoms with Gasteiger partial charge in [-0.3, -0.25) is 4.79 Å². The Morgan fingerprint density at radius 3 is 2.19 bits per heavy atom. The second-order valence-corrected chi connectivity index (χ2v) is 8.35. The number of hydrogen-bond donors (Lipinski definition) is 1. The summed E-state index contributed by atoms with van der Waals surface area (Å²) in [5.74, 6) is 0.00594. The summed E-state index contributed by atoms with van der Waals surface area (Å²) in [6, 6.07) is 18.1. The van der Waals surface area contributed by atoms with Crippen LogP contribution in [0.2, 0.25) is 0 Å². The highest BCUT2D eigenvalue weighted by Crippen LogP contribution is 2.59. The first-order valence-corrected chi connectivity index (χ1v) is 9.57. The molecule has 2 aliphatic rings. The van der Waals surface area contributed by atoms with Crippen LogP contribution >= 0.6 is 0 Å². The van der Waals surface area contributed by atoms with Crippen molar-refractivity contribution in [3.63, 3.8) is 0 Å². The Kier molecular flexibility index (Phi) is 4.29. The molecule has 2 aromatic carbocycles. The monoisotopic (exact) mass is 363 g/mol. The molecule has 2 bridgehead atoms. The predicted molar refractivity (Wildman–Crippen MR) is 103 cm³/mol. The van der Waals surface area contributed by atoms with Crippen LogP contribution in [0.1, 0.15) is 53.8 Å². The van der Waals surface area contributed by atoms with Gasteiger partial charge in [-0.25, -0.2) is 4.79 Å². The molecule has 3 atom stereocenters. The summed E-state index contributed by atoms with van der Waals surface area (Å²) in [4.78, 5) is 25.6. The average molecular weight is 363 g/mol. The van der Waals surface area contributed by atoms with E-state index in [4.69, 9.17) is 4.74 Å². The third-order valence-electron chi connectivity index (χ3n) is 6.45. The minimum Gasteiger partial charge on any atom is -0.453 e. The Bertz CT molecular complexity index is 846. The topological polar surface area (TPSA) is 55.4 Å². The molecule has 0 aromatic heterocycles. The number of nitrogens with one attached hydrogen (secondary N) is 1. The van der Waals surface area contributed by atoms with Crippen LogP contribution in [-0.2, 0) is 4.74 Å². The number of fused-ring (bicyclic) bond motifs is 2. The molecule has 27 heavy (non-hydrogen) atoms. The first-order chi connectivity index (χ1) is 12.9. The zero-order valence-corrected chi connectivity index (χ0v) is 15.8. The molecule has 4 rings (SSSR count). The van der Waals surface area contributed by atoms with Crippen LogP contribution in [0, 0.1) is 11.3 Å². The third-order valence-corrected chi connectivity index (χ3v) is 6.45. The van der Waals surface area contributed by atoms with E-state index in [0.717, 1.165) is 19.3 Å². The molecule has 0 unspecified atom stereocenters. The largest absolute Gasteiger partial charge is 0.453 e. The SMILES string of the molecule is CC1(C)[C@@H]2CC[C@@](OC(=O)c3ccccc3)(C2)[C@@H]1NC(=O)c1ccccc1. The quantitative estimate of drug-likeness (QED) is 0.828. The molecule has 1 amide bonds. The van der Waals surface area contributed by atoms with Crippen molar-refractivity contribution in [1.82, 2.24) is 5.32 Å². The van der Waals surface area contributed by atoms with Gasteiger partial charge in [0.05, 0.1) is 11.6 Å². The highest BCUT2D eigenvalue weighted by molar-refractivity contribution is 5.94. The average Bonchev–Trinajstić information content (AvgIpc) is 3.19. The van der Waals surface area contributed by atoms with Gasteiger partial charge in [-0.1, -0.05) is 50.2 Å². The van der Waals surface area contributed by atoms with E-state index < -0.39 is 5.60 Å². The Morgan fingerprint density at radius 1 is 0.963 bits per heavy atom. The highest BCUT2D eigenvalue weighted by Gasteiger charge is 2.64. The van der Waals surface area contributed by atoms with Gasteiger partial charge in [0.15, 0.2) is 0 Å². The van der Waals surface area contributed by atoms with E-state index in [0.29, 0.717) is 17.0 Å². The maximum Gasteiger partial charge on any atom is 0.338 e. The number of ether oxygens (including phenoxy) is 1. The molecule has 0 aliphatic heterocycles. The molecule has 0 saturated heterocycles. The van der Waals surface area contributed by atoms with E-state index in [9.17, 15) is 9.59 Å². The summed E-state index contributed by atoms with van der Waals surface area (Å²) in [7, 11) is 0. The lowest BCUT2D eigenvalue weighted by molar-refractivity contribution is -0.0429. The maximum absolute atomic E-state index is 12.8. The van der Waals surface area contributed by atoms with Crippen LogP contribution in [0.3, 0.4) is 0 Å². The van der Waals surface area contributed by atoms with E-state index in [1.54, 1.807) is 24.3 Å². The minimum atomic E-state index is -0.633. The lowest BCUT2D eigenvalue weighted by atomic mass is 9.71. The van der Waals surface area contributed by atoms with Crippen molar-refractivity contribution < 1.29 is 14.3 Å². The van der Waals surface area contributed by atoms with Crippen molar-refractivity contribution >= 4 is 11.9 Å². The zero-order chi connectivity index (χ0) is 19.1. The summed E-state index contributed by atoms with van der Waals surface area (Å²) in [5.41, 5.74) is 0.416. The fraction of sp³-hybridized carbons (Fsp3) is 0.391. The first kappa shape index (κ1) is 17.8. The van der Waals surface area contributed by atoms with Crippen molar-refractivity contribution in [3.05, 3.63) is 71.8 Å². The van der Waals surface area contributed by atoms with E-state index in [-0.39, 0.29) is 23.3 Å². The molecule has 1 N–H and O–H groups in total. The van der Waals surface area contributed by atoms with Crippen molar-refractivity contribution in [1.29, 1.82) is 0 Å². The van der Waals surface area contributed by atoms with Crippen LogP contribution < -0.4 is 5.32 Å². The molecular formula is C23H25NO3. The van der Waals surface area contributed by atoms with Crippen LogP contribution in [0.25, 0.3) is 0 Å². The molecule has 4 nitrogen and oxygen atoms in total. The molecule has 0 spiro atoms. The van der Waals surface area contributed by atoms with Crippen molar-refractivity contribution in [2.24, 2.45) is 11.3 Å². The molecule has 2 aliphatic carbocycles. The van der Waals surface area contributed by atoms with Gasteiger partial charge in [-0.05, 0) is 54.9 Å². The smallest absolute Gasteiger partial charge is 0.338 e. The van der Waals surface area contributed by atoms with Gasteiger partial charge in [-0.2, -0.15) is 0 Å². The van der Waals surface area contributed by atoms with Crippen LogP contribution in [0.5, 0.6) is 0 Å². The van der Waals surface area contributed by atoms with Crippen molar-refractivity contribution in [2.45, 2.75) is 44.8 Å². The van der Waals surface area contributed by atoms with Gasteiger partial charge >= 0.3 is 5.97 Å². The highest BCUT2D eigenvalue weighted by atomic mass is 16.6. The van der Waals surface area contributed by atoms with E-state index in [1.165, 1.54) is 0 Å². The number of carbonyl (C=O) groups excluding carboxylic acids is 2. The van der Waals surface area contributed by atoms with Gasteiger partial charge in [0.1, 0.15) is 5.60 Å². The summed E-state index contributed by atoms with van der Waals surface area (Å²) >= 11 is 0. The fourth-order valence-corrected chi connectivity index (χ4v) is 4.94. The molecule has 0 radical (unpaired) electrons.